The fourth-order valence-electron chi connectivity index (χ4n) is 3.22. The van der Waals surface area contributed by atoms with Crippen LogP contribution in [0.3, 0.4) is 0 Å². The topological polar surface area (TPSA) is 78.8 Å². The molecule has 0 aromatic heterocycles. The Bertz CT molecular complexity index is 1280. The van der Waals surface area contributed by atoms with Gasteiger partial charge in [-0.1, -0.05) is 54.6 Å². The van der Waals surface area contributed by atoms with Crippen molar-refractivity contribution in [2.75, 3.05) is 10.8 Å². The number of rotatable bonds is 9. The number of alkyl halides is 3. The highest BCUT2D eigenvalue weighted by Gasteiger charge is 2.33. The van der Waals surface area contributed by atoms with Crippen LogP contribution in [0.25, 0.3) is 0 Å². The third kappa shape index (κ3) is 7.16. The first-order valence-electron chi connectivity index (χ1n) is 10.7. The summed E-state index contributed by atoms with van der Waals surface area (Å²) in [6, 6.07) is 20.7. The molecule has 1 N–H and O–H groups in total. The number of carbonyl (C=O) groups excluding carboxylic acids is 1. The quantitative estimate of drug-likeness (QED) is 0.329. The van der Waals surface area contributed by atoms with Crippen LogP contribution in [0.1, 0.15) is 24.5 Å². The molecule has 3 aromatic carbocycles. The number of nitrogens with zero attached hydrogens (tertiary/aromatic N) is 2. The normalized spacial score (nSPS) is 12.3. The number of halogens is 3. The van der Waals surface area contributed by atoms with E-state index in [-0.39, 0.29) is 10.6 Å². The number of benzene rings is 3. The lowest BCUT2D eigenvalue weighted by atomic mass is 10.1. The van der Waals surface area contributed by atoms with Gasteiger partial charge in [0.15, 0.2) is 0 Å². The summed E-state index contributed by atoms with van der Waals surface area (Å²) in [7, 11) is -4.34. The van der Waals surface area contributed by atoms with Gasteiger partial charge in [-0.05, 0) is 55.7 Å². The van der Waals surface area contributed by atoms with Crippen LogP contribution in [-0.4, -0.2) is 26.6 Å². The molecule has 0 fully saturated rings. The number of sulfonamides is 1. The van der Waals surface area contributed by atoms with Crippen LogP contribution in [0, 0.1) is 0 Å². The van der Waals surface area contributed by atoms with Crippen molar-refractivity contribution in [2.45, 2.75) is 30.8 Å². The van der Waals surface area contributed by atoms with Crippen molar-refractivity contribution >= 4 is 27.3 Å². The molecular weight excluding hydrogens is 479 g/mol. The van der Waals surface area contributed by atoms with Gasteiger partial charge in [-0.3, -0.25) is 9.10 Å². The van der Waals surface area contributed by atoms with Crippen LogP contribution in [0.5, 0.6) is 0 Å². The van der Waals surface area contributed by atoms with Crippen molar-refractivity contribution < 1.29 is 26.4 Å². The van der Waals surface area contributed by atoms with Gasteiger partial charge < -0.3 is 0 Å². The molecule has 0 heterocycles. The second kappa shape index (κ2) is 11.2. The van der Waals surface area contributed by atoms with Gasteiger partial charge >= 0.3 is 6.18 Å². The molecule has 0 unspecified atom stereocenters. The summed E-state index contributed by atoms with van der Waals surface area (Å²) in [5.41, 5.74) is 2.70. The van der Waals surface area contributed by atoms with Gasteiger partial charge in [0.2, 0.25) is 0 Å². The summed E-state index contributed by atoms with van der Waals surface area (Å²) in [6.07, 6.45) is -3.42. The van der Waals surface area contributed by atoms with E-state index in [1.807, 2.05) is 30.3 Å². The van der Waals surface area contributed by atoms with Crippen LogP contribution in [0.15, 0.2) is 94.9 Å². The lowest BCUT2D eigenvalue weighted by Crippen LogP contribution is -2.39. The molecule has 0 saturated heterocycles. The molecule has 0 spiro atoms. The SMILES string of the molecule is C/C(CCc1ccccc1)=N/NC(=O)CN(c1cccc(C(F)(F)F)c1)S(=O)(=O)c1ccccc1. The minimum Gasteiger partial charge on any atom is -0.271 e. The maximum absolute atomic E-state index is 13.3. The molecule has 0 saturated carbocycles. The summed E-state index contributed by atoms with van der Waals surface area (Å²) in [4.78, 5) is 12.5. The zero-order chi connectivity index (χ0) is 25.5. The summed E-state index contributed by atoms with van der Waals surface area (Å²) in [6.45, 7) is 0.961. The molecular formula is C25H24F3N3O3S. The molecule has 0 aliphatic rings. The zero-order valence-corrected chi connectivity index (χ0v) is 19.7. The monoisotopic (exact) mass is 503 g/mol. The van der Waals surface area contributed by atoms with E-state index in [4.69, 9.17) is 0 Å². The molecule has 35 heavy (non-hydrogen) atoms. The Morgan fingerprint density at radius 1 is 0.943 bits per heavy atom. The first-order chi connectivity index (χ1) is 16.6. The van der Waals surface area contributed by atoms with Gasteiger partial charge in [0.1, 0.15) is 6.54 Å². The molecule has 0 aliphatic heterocycles. The second-order valence-corrected chi connectivity index (χ2v) is 9.60. The van der Waals surface area contributed by atoms with E-state index < -0.39 is 34.2 Å². The van der Waals surface area contributed by atoms with E-state index in [2.05, 4.69) is 10.5 Å². The molecule has 3 aromatic rings. The average Bonchev–Trinajstić information content (AvgIpc) is 2.85. The maximum atomic E-state index is 13.3. The molecule has 184 valence electrons. The number of amides is 1. The van der Waals surface area contributed by atoms with Gasteiger partial charge in [-0.2, -0.15) is 18.3 Å². The summed E-state index contributed by atoms with van der Waals surface area (Å²) < 4.78 is 66.9. The Hall–Kier alpha value is -3.66. The van der Waals surface area contributed by atoms with Crippen molar-refractivity contribution in [3.63, 3.8) is 0 Å². The minimum absolute atomic E-state index is 0.159. The molecule has 3 rings (SSSR count). The van der Waals surface area contributed by atoms with E-state index in [1.54, 1.807) is 13.0 Å². The third-order valence-corrected chi connectivity index (χ3v) is 6.86. The minimum atomic E-state index is -4.68. The van der Waals surface area contributed by atoms with Crippen LogP contribution in [0.2, 0.25) is 0 Å². The molecule has 0 aliphatic carbocycles. The molecule has 0 atom stereocenters. The van der Waals surface area contributed by atoms with Crippen LogP contribution >= 0.6 is 0 Å². The predicted molar refractivity (Wildman–Crippen MR) is 128 cm³/mol. The van der Waals surface area contributed by atoms with Gasteiger partial charge in [-0.15, -0.1) is 0 Å². The van der Waals surface area contributed by atoms with E-state index in [0.29, 0.717) is 28.9 Å². The summed E-state index contributed by atoms with van der Waals surface area (Å²) in [5.74, 6) is -0.791. The van der Waals surface area contributed by atoms with Crippen LogP contribution in [-0.2, 0) is 27.4 Å². The Balaban J connectivity index is 1.81. The number of hydrogen-bond acceptors (Lipinski definition) is 4. The van der Waals surface area contributed by atoms with Crippen molar-refractivity contribution in [1.82, 2.24) is 5.43 Å². The van der Waals surface area contributed by atoms with Crippen molar-refractivity contribution in [3.8, 4) is 0 Å². The second-order valence-electron chi connectivity index (χ2n) is 7.74. The third-order valence-electron chi connectivity index (χ3n) is 5.07. The fourth-order valence-corrected chi connectivity index (χ4v) is 4.66. The standard InChI is InChI=1S/C25H24F3N3O3S/c1-19(15-16-20-9-4-2-5-10-20)29-30-24(32)18-31(35(33,34)23-13-6-3-7-14-23)22-12-8-11-21(17-22)25(26,27)28/h2-14,17H,15-16,18H2,1H3,(H,30,32)/b29-19-. The molecule has 0 radical (unpaired) electrons. The van der Waals surface area contributed by atoms with Gasteiger partial charge in [0.25, 0.3) is 15.9 Å². The Kier molecular flexibility index (Phi) is 8.29. The van der Waals surface area contributed by atoms with Crippen LogP contribution < -0.4 is 9.73 Å². The van der Waals surface area contributed by atoms with E-state index >= 15 is 0 Å². The Morgan fingerprint density at radius 2 is 1.57 bits per heavy atom. The number of aryl methyl sites for hydroxylation is 1. The highest BCUT2D eigenvalue weighted by atomic mass is 32.2. The number of hydrazone groups is 1. The van der Waals surface area contributed by atoms with Crippen molar-refractivity contribution in [1.29, 1.82) is 0 Å². The zero-order valence-electron chi connectivity index (χ0n) is 18.9. The summed E-state index contributed by atoms with van der Waals surface area (Å²) in [5, 5.41) is 4.01. The highest BCUT2D eigenvalue weighted by Crippen LogP contribution is 2.33. The number of anilines is 1. The van der Waals surface area contributed by atoms with Gasteiger partial charge in [0, 0.05) is 5.71 Å². The van der Waals surface area contributed by atoms with Gasteiger partial charge in [-0.25, -0.2) is 13.8 Å². The Morgan fingerprint density at radius 3 is 2.20 bits per heavy atom. The lowest BCUT2D eigenvalue weighted by molar-refractivity contribution is -0.137. The predicted octanol–water partition coefficient (Wildman–Crippen LogP) is 5.03. The van der Waals surface area contributed by atoms with E-state index in [1.165, 1.54) is 30.3 Å². The number of nitrogens with one attached hydrogen (secondary N) is 1. The number of hydrogen-bond donors (Lipinski definition) is 1. The van der Waals surface area contributed by atoms with Crippen molar-refractivity contribution in [3.05, 3.63) is 96.1 Å². The molecule has 10 heteroatoms. The smallest absolute Gasteiger partial charge is 0.271 e. The van der Waals surface area contributed by atoms with E-state index in [9.17, 15) is 26.4 Å². The lowest BCUT2D eigenvalue weighted by Gasteiger charge is -2.24. The molecule has 0 bridgehead atoms. The maximum Gasteiger partial charge on any atom is 0.416 e. The number of carbonyl (C=O) groups is 1. The largest absolute Gasteiger partial charge is 0.416 e. The van der Waals surface area contributed by atoms with E-state index in [0.717, 1.165) is 17.7 Å². The van der Waals surface area contributed by atoms with Gasteiger partial charge in [0.05, 0.1) is 16.1 Å². The average molecular weight is 504 g/mol. The fraction of sp³-hybridized carbons (Fsp3) is 0.200. The Labute approximate surface area is 202 Å². The first kappa shape index (κ1) is 26.0. The molecule has 6 nitrogen and oxygen atoms in total. The summed E-state index contributed by atoms with van der Waals surface area (Å²) >= 11 is 0. The van der Waals surface area contributed by atoms with Crippen LogP contribution in [0.4, 0.5) is 18.9 Å². The first-order valence-corrected chi connectivity index (χ1v) is 12.1. The van der Waals surface area contributed by atoms with Crippen molar-refractivity contribution in [2.24, 2.45) is 5.10 Å². The highest BCUT2D eigenvalue weighted by molar-refractivity contribution is 7.92. The molecule has 1 amide bonds.